The van der Waals surface area contributed by atoms with Crippen molar-refractivity contribution >= 4 is 0 Å². The Morgan fingerprint density at radius 2 is 0.806 bits per heavy atom. The molecule has 1 unspecified atom stereocenters. The van der Waals surface area contributed by atoms with Crippen molar-refractivity contribution in [1.29, 1.82) is 0 Å². The molecular formula is C32H66O4. The molecule has 0 aromatic heterocycles. The normalized spacial score (nSPS) is 16.3. The van der Waals surface area contributed by atoms with E-state index in [4.69, 9.17) is 18.9 Å². The maximum atomic E-state index is 6.81. The lowest BCUT2D eigenvalue weighted by atomic mass is 9.81. The monoisotopic (exact) mass is 514 g/mol. The molecule has 0 spiro atoms. The Balaban J connectivity index is 6.04. The lowest BCUT2D eigenvalue weighted by molar-refractivity contribution is -0.186. The molecule has 0 saturated carbocycles. The third-order valence-electron chi connectivity index (χ3n) is 6.44. The first kappa shape index (κ1) is 35.8. The van der Waals surface area contributed by atoms with Gasteiger partial charge in [0.1, 0.15) is 0 Å². The fourth-order valence-corrected chi connectivity index (χ4v) is 5.65. The van der Waals surface area contributed by atoms with Gasteiger partial charge in [0, 0.05) is 6.61 Å². The summed E-state index contributed by atoms with van der Waals surface area (Å²) < 4.78 is 26.3. The average Bonchev–Trinajstić information content (AvgIpc) is 2.62. The molecule has 0 N–H and O–H groups in total. The molecule has 1 atom stereocenters. The first-order valence-corrected chi connectivity index (χ1v) is 14.4. The van der Waals surface area contributed by atoms with E-state index in [2.05, 4.69) is 111 Å². The predicted octanol–water partition coefficient (Wildman–Crippen LogP) is 9.09. The second-order valence-electron chi connectivity index (χ2n) is 16.5. The molecule has 0 fully saturated rings. The zero-order chi connectivity index (χ0) is 28.7. The molecule has 218 valence electrons. The Morgan fingerprint density at radius 1 is 0.444 bits per heavy atom. The second kappa shape index (κ2) is 13.3. The smallest absolute Gasteiger partial charge is 0.0657 e. The highest BCUT2D eigenvalue weighted by atomic mass is 16.5. The van der Waals surface area contributed by atoms with Crippen LogP contribution in [0.4, 0.5) is 0 Å². The first-order chi connectivity index (χ1) is 15.9. The zero-order valence-corrected chi connectivity index (χ0v) is 27.5. The van der Waals surface area contributed by atoms with Crippen molar-refractivity contribution < 1.29 is 18.9 Å². The van der Waals surface area contributed by atoms with E-state index in [0.29, 0.717) is 33.0 Å². The SMILES string of the molecule is CCOCC(COC(C)(C)CC(C)(C)C)(COC(C)(C)CC(C)(C)C)COC(C)(CC)CC(C)(C)C. The summed E-state index contributed by atoms with van der Waals surface area (Å²) in [5.74, 6) is 0. The third kappa shape index (κ3) is 16.6. The van der Waals surface area contributed by atoms with E-state index in [-0.39, 0.29) is 33.0 Å². The fourth-order valence-electron chi connectivity index (χ4n) is 5.65. The largest absolute Gasteiger partial charge is 0.381 e. The van der Waals surface area contributed by atoms with Crippen molar-refractivity contribution in [1.82, 2.24) is 0 Å². The molecule has 0 aliphatic heterocycles. The van der Waals surface area contributed by atoms with E-state index >= 15 is 0 Å². The van der Waals surface area contributed by atoms with Gasteiger partial charge in [-0.2, -0.15) is 0 Å². The molecule has 0 amide bonds. The summed E-state index contributed by atoms with van der Waals surface area (Å²) in [6.45, 7) is 38.6. The van der Waals surface area contributed by atoms with Crippen LogP contribution in [0.15, 0.2) is 0 Å². The number of ether oxygens (including phenoxy) is 4. The van der Waals surface area contributed by atoms with Crippen molar-refractivity contribution in [2.24, 2.45) is 21.7 Å². The molecule has 0 aliphatic carbocycles. The lowest BCUT2D eigenvalue weighted by Gasteiger charge is -2.43. The standard InChI is InChI=1S/C32H66O4/c1-17-31(16,21-28(9,10)11)36-25-32(22-33-18-2,23-34-29(12,13)19-26(3,4)5)24-35-30(14,15)20-27(6,7)8/h17-25H2,1-16H3. The molecule has 0 bridgehead atoms. The number of hydrogen-bond acceptors (Lipinski definition) is 4. The van der Waals surface area contributed by atoms with Crippen LogP contribution in [0.5, 0.6) is 0 Å². The van der Waals surface area contributed by atoms with Gasteiger partial charge in [-0.1, -0.05) is 69.2 Å². The number of hydrogen-bond donors (Lipinski definition) is 0. The summed E-state index contributed by atoms with van der Waals surface area (Å²) in [5.41, 5.74) is -0.565. The molecule has 0 aromatic carbocycles. The third-order valence-corrected chi connectivity index (χ3v) is 6.44. The van der Waals surface area contributed by atoms with Crippen LogP contribution in [-0.4, -0.2) is 49.8 Å². The molecule has 36 heavy (non-hydrogen) atoms. The highest BCUT2D eigenvalue weighted by Crippen LogP contribution is 2.37. The van der Waals surface area contributed by atoms with Crippen molar-refractivity contribution in [3.63, 3.8) is 0 Å². The van der Waals surface area contributed by atoms with E-state index in [1.54, 1.807) is 0 Å². The quantitative estimate of drug-likeness (QED) is 0.206. The minimum atomic E-state index is -0.394. The van der Waals surface area contributed by atoms with E-state index < -0.39 is 5.41 Å². The molecular weight excluding hydrogens is 448 g/mol. The van der Waals surface area contributed by atoms with Crippen LogP contribution >= 0.6 is 0 Å². The Bertz CT molecular complexity index is 584. The van der Waals surface area contributed by atoms with E-state index in [1.807, 2.05) is 0 Å². The molecule has 0 aliphatic rings. The van der Waals surface area contributed by atoms with E-state index in [1.165, 1.54) is 0 Å². The maximum absolute atomic E-state index is 6.81. The highest BCUT2D eigenvalue weighted by molar-refractivity contribution is 4.88. The molecule has 0 rings (SSSR count). The molecule has 4 nitrogen and oxygen atoms in total. The summed E-state index contributed by atoms with van der Waals surface area (Å²) in [7, 11) is 0. The van der Waals surface area contributed by atoms with Gasteiger partial charge in [-0.15, -0.1) is 0 Å². The summed E-state index contributed by atoms with van der Waals surface area (Å²) >= 11 is 0. The summed E-state index contributed by atoms with van der Waals surface area (Å²) in [4.78, 5) is 0. The molecule has 0 heterocycles. The molecule has 0 radical (unpaired) electrons. The van der Waals surface area contributed by atoms with Gasteiger partial charge in [-0.05, 0) is 83.5 Å². The Hall–Kier alpha value is -0.160. The summed E-state index contributed by atoms with van der Waals surface area (Å²) in [6, 6.07) is 0. The van der Waals surface area contributed by atoms with Crippen LogP contribution in [0.25, 0.3) is 0 Å². The van der Waals surface area contributed by atoms with Gasteiger partial charge in [0.2, 0.25) is 0 Å². The van der Waals surface area contributed by atoms with Gasteiger partial charge in [-0.3, -0.25) is 0 Å². The first-order valence-electron chi connectivity index (χ1n) is 14.4. The van der Waals surface area contributed by atoms with Crippen LogP contribution in [0, 0.1) is 21.7 Å². The van der Waals surface area contributed by atoms with Crippen LogP contribution in [0.2, 0.25) is 0 Å². The Kier molecular flexibility index (Phi) is 13.2. The van der Waals surface area contributed by atoms with Gasteiger partial charge in [0.05, 0.1) is 48.6 Å². The van der Waals surface area contributed by atoms with Crippen LogP contribution in [0.3, 0.4) is 0 Å². The minimum Gasteiger partial charge on any atom is -0.381 e. The van der Waals surface area contributed by atoms with Gasteiger partial charge in [0.15, 0.2) is 0 Å². The Morgan fingerprint density at radius 3 is 1.11 bits per heavy atom. The molecule has 0 aromatic rings. The maximum Gasteiger partial charge on any atom is 0.0657 e. The fraction of sp³-hybridized carbons (Fsp3) is 1.00. The van der Waals surface area contributed by atoms with Crippen LogP contribution in [0.1, 0.15) is 136 Å². The van der Waals surface area contributed by atoms with Crippen molar-refractivity contribution in [2.75, 3.05) is 33.0 Å². The van der Waals surface area contributed by atoms with E-state index in [9.17, 15) is 0 Å². The predicted molar refractivity (Wildman–Crippen MR) is 156 cm³/mol. The highest BCUT2D eigenvalue weighted by Gasteiger charge is 2.41. The van der Waals surface area contributed by atoms with Gasteiger partial charge in [0.25, 0.3) is 0 Å². The molecule has 4 heteroatoms. The van der Waals surface area contributed by atoms with Crippen LogP contribution in [-0.2, 0) is 18.9 Å². The van der Waals surface area contributed by atoms with Gasteiger partial charge >= 0.3 is 0 Å². The van der Waals surface area contributed by atoms with Gasteiger partial charge in [-0.25, -0.2) is 0 Å². The van der Waals surface area contributed by atoms with Crippen molar-refractivity contribution in [3.05, 3.63) is 0 Å². The minimum absolute atomic E-state index is 0.182. The Labute approximate surface area is 227 Å². The van der Waals surface area contributed by atoms with Crippen LogP contribution < -0.4 is 0 Å². The topological polar surface area (TPSA) is 36.9 Å². The number of rotatable bonds is 16. The summed E-state index contributed by atoms with van der Waals surface area (Å²) in [6.07, 6.45) is 3.90. The second-order valence-corrected chi connectivity index (χ2v) is 16.5. The van der Waals surface area contributed by atoms with Crippen molar-refractivity contribution in [3.8, 4) is 0 Å². The van der Waals surface area contributed by atoms with E-state index in [0.717, 1.165) is 25.7 Å². The lowest BCUT2D eigenvalue weighted by Crippen LogP contribution is -2.49. The molecule has 0 saturated heterocycles. The zero-order valence-electron chi connectivity index (χ0n) is 27.5. The van der Waals surface area contributed by atoms with Crippen molar-refractivity contribution in [2.45, 2.75) is 153 Å². The van der Waals surface area contributed by atoms with Gasteiger partial charge < -0.3 is 18.9 Å². The summed E-state index contributed by atoms with van der Waals surface area (Å²) in [5, 5.41) is 0. The average molecular weight is 515 g/mol.